The number of imide groups is 2. The number of aromatic hydroxyl groups is 1. The molecule has 6 unspecified atom stereocenters. The summed E-state index contributed by atoms with van der Waals surface area (Å²) in [5, 5.41) is 14.0. The normalized spacial score (nSPS) is 25.8. The van der Waals surface area contributed by atoms with Crippen LogP contribution in [0.3, 0.4) is 0 Å². The zero-order chi connectivity index (χ0) is 38.3. The molecular formula is C43H32BrCl2N3O6. The molecule has 0 aromatic heterocycles. The van der Waals surface area contributed by atoms with Gasteiger partial charge in [0.05, 0.1) is 46.7 Å². The molecule has 5 aromatic rings. The van der Waals surface area contributed by atoms with Gasteiger partial charge >= 0.3 is 0 Å². The summed E-state index contributed by atoms with van der Waals surface area (Å²) in [5.74, 6) is -4.78. The van der Waals surface area contributed by atoms with E-state index in [0.717, 1.165) is 15.1 Å². The van der Waals surface area contributed by atoms with Gasteiger partial charge in [0.1, 0.15) is 11.5 Å². The van der Waals surface area contributed by atoms with Crippen molar-refractivity contribution in [2.75, 3.05) is 17.4 Å². The van der Waals surface area contributed by atoms with E-state index in [1.54, 1.807) is 67.8 Å². The highest BCUT2D eigenvalue weighted by Crippen LogP contribution is 2.65. The zero-order valence-corrected chi connectivity index (χ0v) is 32.3. The van der Waals surface area contributed by atoms with Crippen LogP contribution in [0.5, 0.6) is 11.5 Å². The average Bonchev–Trinajstić information content (AvgIpc) is 3.57. The maximum absolute atomic E-state index is 15.6. The smallest absolute Gasteiger partial charge is 0.260 e. The molecule has 2 heterocycles. The Morgan fingerprint density at radius 2 is 1.56 bits per heavy atom. The summed E-state index contributed by atoms with van der Waals surface area (Å²) in [4.78, 5) is 60.7. The number of amides is 4. The number of halogens is 3. The Kier molecular flexibility index (Phi) is 8.56. The number of nitrogens with zero attached hydrogens (tertiary/aromatic N) is 2. The monoisotopic (exact) mass is 835 g/mol. The number of ether oxygens (including phenoxy) is 1. The Bertz CT molecular complexity index is 2490. The summed E-state index contributed by atoms with van der Waals surface area (Å²) in [5.41, 5.74) is 4.36. The summed E-state index contributed by atoms with van der Waals surface area (Å²) in [6.07, 6.45) is 2.41. The van der Waals surface area contributed by atoms with Crippen molar-refractivity contribution >= 4 is 84.9 Å². The minimum Gasteiger partial charge on any atom is -0.507 e. The van der Waals surface area contributed by atoms with Crippen LogP contribution < -0.4 is 15.1 Å². The third kappa shape index (κ3) is 5.25. The van der Waals surface area contributed by atoms with E-state index in [2.05, 4.69) is 21.4 Å². The number of hydrogen-bond acceptors (Lipinski definition) is 7. The van der Waals surface area contributed by atoms with Gasteiger partial charge in [0.25, 0.3) is 11.8 Å². The number of nitrogens with one attached hydrogen (secondary N) is 1. The Morgan fingerprint density at radius 3 is 2.27 bits per heavy atom. The zero-order valence-electron chi connectivity index (χ0n) is 29.2. The topological polar surface area (TPSA) is 116 Å². The predicted octanol–water partition coefficient (Wildman–Crippen LogP) is 8.81. The first-order valence-corrected chi connectivity index (χ1v) is 19.4. The van der Waals surface area contributed by atoms with E-state index in [-0.39, 0.29) is 35.4 Å². The van der Waals surface area contributed by atoms with Crippen LogP contribution in [0.1, 0.15) is 29.9 Å². The highest BCUT2D eigenvalue weighted by Gasteiger charge is 2.70. The first kappa shape index (κ1) is 35.5. The van der Waals surface area contributed by atoms with Gasteiger partial charge in [-0.1, -0.05) is 93.2 Å². The molecule has 9 rings (SSSR count). The van der Waals surface area contributed by atoms with Crippen LogP contribution in [-0.4, -0.2) is 40.9 Å². The second-order valence-electron chi connectivity index (χ2n) is 14.4. The fourth-order valence-corrected chi connectivity index (χ4v) is 10.3. The fourth-order valence-electron chi connectivity index (χ4n) is 9.59. The predicted molar refractivity (Wildman–Crippen MR) is 213 cm³/mol. The van der Waals surface area contributed by atoms with Crippen molar-refractivity contribution in [3.05, 3.63) is 140 Å². The molecule has 2 aliphatic heterocycles. The van der Waals surface area contributed by atoms with Crippen LogP contribution in [0.25, 0.3) is 10.8 Å². The van der Waals surface area contributed by atoms with E-state index in [0.29, 0.717) is 44.0 Å². The number of methoxy groups -OCH3 is 1. The van der Waals surface area contributed by atoms with Crippen molar-refractivity contribution in [2.45, 2.75) is 24.2 Å². The van der Waals surface area contributed by atoms with Gasteiger partial charge in [0.2, 0.25) is 11.8 Å². The number of carbonyl (C=O) groups excluding carboxylic acids is 4. The molecule has 276 valence electrons. The fraction of sp³-hybridized carbons (Fsp3) is 0.209. The van der Waals surface area contributed by atoms with Crippen LogP contribution in [-0.2, 0) is 24.6 Å². The highest BCUT2D eigenvalue weighted by atomic mass is 79.9. The van der Waals surface area contributed by atoms with Gasteiger partial charge in [-0.25, -0.2) is 0 Å². The van der Waals surface area contributed by atoms with Crippen molar-refractivity contribution < 1.29 is 29.0 Å². The van der Waals surface area contributed by atoms with Crippen molar-refractivity contribution in [1.82, 2.24) is 5.01 Å². The molecule has 1 saturated carbocycles. The second-order valence-corrected chi connectivity index (χ2v) is 16.2. The van der Waals surface area contributed by atoms with Crippen LogP contribution in [0.4, 0.5) is 11.4 Å². The molecule has 6 atom stereocenters. The first-order valence-electron chi connectivity index (χ1n) is 17.8. The van der Waals surface area contributed by atoms with Gasteiger partial charge in [0, 0.05) is 20.8 Å². The molecule has 0 spiro atoms. The van der Waals surface area contributed by atoms with Gasteiger partial charge < -0.3 is 9.84 Å². The lowest BCUT2D eigenvalue weighted by Crippen LogP contribution is -2.53. The largest absolute Gasteiger partial charge is 0.507 e. The number of phenols is 1. The number of hydrazine groups is 1. The summed E-state index contributed by atoms with van der Waals surface area (Å²) < 4.78 is 6.32. The number of benzene rings is 5. The molecule has 2 saturated heterocycles. The summed E-state index contributed by atoms with van der Waals surface area (Å²) in [7, 11) is 1.55. The molecule has 0 bridgehead atoms. The van der Waals surface area contributed by atoms with E-state index in [9.17, 15) is 14.7 Å². The number of anilines is 2. The molecule has 2 aliphatic carbocycles. The molecule has 9 nitrogen and oxygen atoms in total. The number of fused-ring (bicyclic) bond motifs is 5. The SMILES string of the molecule is COc1ccc(C23C(=O)N(Nc4ccc(Cl)cc4Cl)C(=O)C2CC2C(=CCC4C(=O)N(c5ccc(Br)cc5)C(=O)C42)C3c2ccc(O)c3ccccc23)cc1. The second kappa shape index (κ2) is 13.3. The maximum atomic E-state index is 15.6. The quantitative estimate of drug-likeness (QED) is 0.130. The minimum atomic E-state index is -1.54. The van der Waals surface area contributed by atoms with Crippen LogP contribution in [0, 0.1) is 23.7 Å². The van der Waals surface area contributed by atoms with Crippen molar-refractivity contribution in [3.8, 4) is 11.5 Å². The van der Waals surface area contributed by atoms with Gasteiger partial charge in [-0.05, 0) is 95.9 Å². The van der Waals surface area contributed by atoms with E-state index in [1.807, 2.05) is 42.5 Å². The Balaban J connectivity index is 1.28. The minimum absolute atomic E-state index is 0.0654. The number of rotatable bonds is 6. The molecule has 55 heavy (non-hydrogen) atoms. The Morgan fingerprint density at radius 1 is 0.836 bits per heavy atom. The third-order valence-electron chi connectivity index (χ3n) is 11.9. The van der Waals surface area contributed by atoms with E-state index in [1.165, 1.54) is 11.0 Å². The Labute approximate surface area is 334 Å². The molecule has 4 aliphatic rings. The molecule has 5 aromatic carbocycles. The third-order valence-corrected chi connectivity index (χ3v) is 13.0. The molecule has 4 amide bonds. The lowest BCUT2D eigenvalue weighted by atomic mass is 9.49. The maximum Gasteiger partial charge on any atom is 0.260 e. The van der Waals surface area contributed by atoms with Crippen LogP contribution in [0.15, 0.2) is 119 Å². The first-order chi connectivity index (χ1) is 26.5. The molecule has 3 fully saturated rings. The number of carbonyl (C=O) groups is 4. The van der Waals surface area contributed by atoms with Crippen molar-refractivity contribution in [2.24, 2.45) is 23.7 Å². The van der Waals surface area contributed by atoms with E-state index in [4.69, 9.17) is 27.9 Å². The highest BCUT2D eigenvalue weighted by molar-refractivity contribution is 9.10. The number of hydrogen-bond donors (Lipinski definition) is 2. The Hall–Kier alpha value is -5.16. The van der Waals surface area contributed by atoms with E-state index >= 15 is 9.59 Å². The summed E-state index contributed by atoms with van der Waals surface area (Å²) >= 11 is 16.2. The van der Waals surface area contributed by atoms with Gasteiger partial charge in [-0.2, -0.15) is 5.01 Å². The molecule has 0 radical (unpaired) electrons. The van der Waals surface area contributed by atoms with Crippen LogP contribution in [0.2, 0.25) is 10.0 Å². The van der Waals surface area contributed by atoms with Crippen LogP contribution >= 0.6 is 39.1 Å². The summed E-state index contributed by atoms with van der Waals surface area (Å²) in [6, 6.07) is 29.7. The molecule has 2 N–H and O–H groups in total. The molecular weight excluding hydrogens is 805 g/mol. The number of phenolic OH excluding ortho intramolecular Hbond substituents is 1. The average molecular weight is 838 g/mol. The van der Waals surface area contributed by atoms with Crippen molar-refractivity contribution in [1.29, 1.82) is 0 Å². The standard InChI is InChI=1S/C43H32BrCl2N3O6/c1-55-26-13-6-22(7-14-26)43-33(40(52)49(42(43)54)47-35-18-10-24(45)20-34(35)46)21-32-30(38(43)29-17-19-36(50)28-5-3-2-4-27(28)29)15-16-31-37(32)41(53)48(39(31)51)25-11-8-23(44)9-12-25/h2-15,17-20,31-33,37-38,47,50H,16,21H2,1H3. The number of allylic oxidation sites excluding steroid dienone is 2. The van der Waals surface area contributed by atoms with Gasteiger partial charge in [-0.3, -0.25) is 29.5 Å². The summed E-state index contributed by atoms with van der Waals surface area (Å²) in [6.45, 7) is 0. The van der Waals surface area contributed by atoms with Gasteiger partial charge in [0.15, 0.2) is 0 Å². The van der Waals surface area contributed by atoms with E-state index < -0.39 is 46.8 Å². The van der Waals surface area contributed by atoms with Gasteiger partial charge in [-0.15, -0.1) is 0 Å². The van der Waals surface area contributed by atoms with Crippen molar-refractivity contribution in [3.63, 3.8) is 0 Å². The lowest BCUT2D eigenvalue weighted by molar-refractivity contribution is -0.138. The lowest BCUT2D eigenvalue weighted by Gasteiger charge is -2.51. The molecule has 12 heteroatoms.